The number of carbonyl (C=O) groups is 3. The SMILES string of the molecule is COc1ccc(Cl)cc1N1CC(C(=O)N2CCC(C(=O)NCc3cccnc3)CC2)CC1=O. The van der Waals surface area contributed by atoms with Crippen molar-refractivity contribution in [3.05, 3.63) is 53.3 Å². The molecule has 1 aromatic heterocycles. The predicted octanol–water partition coefficient (Wildman–Crippen LogP) is 2.65. The fourth-order valence-electron chi connectivity index (χ4n) is 4.44. The van der Waals surface area contributed by atoms with Gasteiger partial charge in [-0.05, 0) is 42.7 Å². The van der Waals surface area contributed by atoms with Crippen LogP contribution in [0.3, 0.4) is 0 Å². The van der Waals surface area contributed by atoms with E-state index in [1.54, 1.807) is 40.4 Å². The van der Waals surface area contributed by atoms with Gasteiger partial charge in [0.15, 0.2) is 0 Å². The minimum absolute atomic E-state index is 0.00113. The summed E-state index contributed by atoms with van der Waals surface area (Å²) < 4.78 is 5.37. The fraction of sp³-hybridized carbons (Fsp3) is 0.417. The van der Waals surface area contributed by atoms with Crippen LogP contribution in [0.1, 0.15) is 24.8 Å². The normalized spacial score (nSPS) is 19.0. The van der Waals surface area contributed by atoms with Gasteiger partial charge < -0.3 is 19.9 Å². The maximum absolute atomic E-state index is 13.1. The Morgan fingerprint density at radius 1 is 1.21 bits per heavy atom. The molecule has 9 heteroatoms. The van der Waals surface area contributed by atoms with E-state index in [0.717, 1.165) is 5.56 Å². The number of amides is 3. The number of hydrogen-bond acceptors (Lipinski definition) is 5. The number of ether oxygens (including phenoxy) is 1. The quantitative estimate of drug-likeness (QED) is 0.700. The minimum atomic E-state index is -0.419. The Bertz CT molecular complexity index is 1020. The van der Waals surface area contributed by atoms with E-state index in [0.29, 0.717) is 55.5 Å². The second kappa shape index (κ2) is 10.2. The Morgan fingerprint density at radius 3 is 2.70 bits per heavy atom. The molecule has 0 spiro atoms. The van der Waals surface area contributed by atoms with Gasteiger partial charge in [-0.3, -0.25) is 19.4 Å². The summed E-state index contributed by atoms with van der Waals surface area (Å²) in [5, 5.41) is 3.45. The number of aromatic nitrogens is 1. The van der Waals surface area contributed by atoms with Crippen molar-refractivity contribution < 1.29 is 19.1 Å². The van der Waals surface area contributed by atoms with E-state index in [1.165, 1.54) is 7.11 Å². The third kappa shape index (κ3) is 5.27. The van der Waals surface area contributed by atoms with Crippen molar-refractivity contribution >= 4 is 35.0 Å². The van der Waals surface area contributed by atoms with E-state index in [4.69, 9.17) is 16.3 Å². The van der Waals surface area contributed by atoms with Crippen LogP contribution in [0.2, 0.25) is 5.02 Å². The van der Waals surface area contributed by atoms with E-state index < -0.39 is 5.92 Å². The molecule has 1 atom stereocenters. The number of nitrogens with zero attached hydrogens (tertiary/aromatic N) is 3. The zero-order chi connectivity index (χ0) is 23.4. The van der Waals surface area contributed by atoms with E-state index in [2.05, 4.69) is 10.3 Å². The average molecular weight is 471 g/mol. The first-order chi connectivity index (χ1) is 16.0. The standard InChI is InChI=1S/C24H27ClN4O4/c1-33-21-5-4-19(25)12-20(21)29-15-18(11-22(29)30)24(32)28-9-6-17(7-10-28)23(31)27-14-16-3-2-8-26-13-16/h2-5,8,12-13,17-18H,6-7,9-11,14-15H2,1H3,(H,27,31). The van der Waals surface area contributed by atoms with Gasteiger partial charge in [0.1, 0.15) is 5.75 Å². The Balaban J connectivity index is 1.30. The van der Waals surface area contributed by atoms with Crippen LogP contribution < -0.4 is 15.0 Å². The van der Waals surface area contributed by atoms with Gasteiger partial charge in [0.25, 0.3) is 0 Å². The second-order valence-electron chi connectivity index (χ2n) is 8.40. The highest BCUT2D eigenvalue weighted by Gasteiger charge is 2.39. The largest absolute Gasteiger partial charge is 0.495 e. The van der Waals surface area contributed by atoms with Crippen molar-refractivity contribution in [3.8, 4) is 5.75 Å². The van der Waals surface area contributed by atoms with E-state index in [-0.39, 0.29) is 30.1 Å². The summed E-state index contributed by atoms with van der Waals surface area (Å²) >= 11 is 6.11. The van der Waals surface area contributed by atoms with Crippen molar-refractivity contribution in [2.75, 3.05) is 31.6 Å². The third-order valence-electron chi connectivity index (χ3n) is 6.27. The number of halogens is 1. The maximum atomic E-state index is 13.1. The number of likely N-dealkylation sites (tertiary alicyclic amines) is 1. The Kier molecular flexibility index (Phi) is 7.13. The highest BCUT2D eigenvalue weighted by atomic mass is 35.5. The smallest absolute Gasteiger partial charge is 0.228 e. The number of benzene rings is 1. The summed E-state index contributed by atoms with van der Waals surface area (Å²) in [6, 6.07) is 8.84. The van der Waals surface area contributed by atoms with Crippen molar-refractivity contribution in [2.24, 2.45) is 11.8 Å². The number of pyridine rings is 1. The zero-order valence-electron chi connectivity index (χ0n) is 18.5. The molecular formula is C24H27ClN4O4. The first-order valence-electron chi connectivity index (χ1n) is 11.1. The minimum Gasteiger partial charge on any atom is -0.495 e. The number of rotatable bonds is 6. The highest BCUT2D eigenvalue weighted by Crippen LogP contribution is 2.36. The lowest BCUT2D eigenvalue weighted by molar-refractivity contribution is -0.139. The molecule has 174 valence electrons. The van der Waals surface area contributed by atoms with Gasteiger partial charge in [0.2, 0.25) is 17.7 Å². The van der Waals surface area contributed by atoms with Gasteiger partial charge in [0.05, 0.1) is 18.7 Å². The first-order valence-corrected chi connectivity index (χ1v) is 11.4. The summed E-state index contributed by atoms with van der Waals surface area (Å²) in [5.41, 5.74) is 1.53. The molecule has 2 aliphatic rings. The van der Waals surface area contributed by atoms with Gasteiger partial charge in [-0.1, -0.05) is 17.7 Å². The molecule has 1 unspecified atom stereocenters. The summed E-state index contributed by atoms with van der Waals surface area (Å²) in [4.78, 5) is 45.7. The van der Waals surface area contributed by atoms with Crippen LogP contribution >= 0.6 is 11.6 Å². The molecule has 1 aromatic carbocycles. The molecule has 8 nitrogen and oxygen atoms in total. The molecule has 2 aliphatic heterocycles. The van der Waals surface area contributed by atoms with Gasteiger partial charge in [-0.25, -0.2) is 0 Å². The fourth-order valence-corrected chi connectivity index (χ4v) is 4.60. The highest BCUT2D eigenvalue weighted by molar-refractivity contribution is 6.31. The summed E-state index contributed by atoms with van der Waals surface area (Å²) in [6.45, 7) is 1.75. The van der Waals surface area contributed by atoms with E-state index in [1.807, 2.05) is 12.1 Å². The number of nitrogens with one attached hydrogen (secondary N) is 1. The van der Waals surface area contributed by atoms with Crippen molar-refractivity contribution in [1.29, 1.82) is 0 Å². The summed E-state index contributed by atoms with van der Waals surface area (Å²) in [6.07, 6.45) is 4.79. The second-order valence-corrected chi connectivity index (χ2v) is 8.84. The van der Waals surface area contributed by atoms with Gasteiger partial charge in [-0.2, -0.15) is 0 Å². The molecule has 2 fully saturated rings. The molecular weight excluding hydrogens is 444 g/mol. The number of piperidine rings is 1. The number of carbonyl (C=O) groups excluding carboxylic acids is 3. The molecule has 0 radical (unpaired) electrons. The van der Waals surface area contributed by atoms with Crippen LogP contribution in [0.5, 0.6) is 5.75 Å². The molecule has 0 saturated carbocycles. The van der Waals surface area contributed by atoms with Crippen LogP contribution in [0, 0.1) is 11.8 Å². The predicted molar refractivity (Wildman–Crippen MR) is 124 cm³/mol. The maximum Gasteiger partial charge on any atom is 0.228 e. The first kappa shape index (κ1) is 23.0. The van der Waals surface area contributed by atoms with Crippen LogP contribution in [0.25, 0.3) is 0 Å². The monoisotopic (exact) mass is 470 g/mol. The Hall–Kier alpha value is -3.13. The lowest BCUT2D eigenvalue weighted by atomic mass is 9.94. The third-order valence-corrected chi connectivity index (χ3v) is 6.51. The zero-order valence-corrected chi connectivity index (χ0v) is 19.3. The lowest BCUT2D eigenvalue weighted by Crippen LogP contribution is -2.45. The van der Waals surface area contributed by atoms with Gasteiger partial charge >= 0.3 is 0 Å². The molecule has 3 amide bonds. The lowest BCUT2D eigenvalue weighted by Gasteiger charge is -2.33. The molecule has 33 heavy (non-hydrogen) atoms. The number of anilines is 1. The van der Waals surface area contributed by atoms with E-state index >= 15 is 0 Å². The molecule has 2 aromatic rings. The van der Waals surface area contributed by atoms with Crippen molar-refractivity contribution in [2.45, 2.75) is 25.8 Å². The topological polar surface area (TPSA) is 91.8 Å². The Labute approximate surface area is 197 Å². The summed E-state index contributed by atoms with van der Waals surface area (Å²) in [5.74, 6) is -0.167. The van der Waals surface area contributed by atoms with Gasteiger partial charge in [-0.15, -0.1) is 0 Å². The summed E-state index contributed by atoms with van der Waals surface area (Å²) in [7, 11) is 1.53. The van der Waals surface area contributed by atoms with E-state index in [9.17, 15) is 14.4 Å². The van der Waals surface area contributed by atoms with Crippen molar-refractivity contribution in [1.82, 2.24) is 15.2 Å². The van der Waals surface area contributed by atoms with Crippen LogP contribution in [0.4, 0.5) is 5.69 Å². The van der Waals surface area contributed by atoms with Crippen LogP contribution in [-0.4, -0.2) is 54.3 Å². The van der Waals surface area contributed by atoms with Crippen LogP contribution in [-0.2, 0) is 20.9 Å². The Morgan fingerprint density at radius 2 is 2.00 bits per heavy atom. The molecule has 0 aliphatic carbocycles. The number of methoxy groups -OCH3 is 1. The number of hydrogen-bond donors (Lipinski definition) is 1. The van der Waals surface area contributed by atoms with Crippen LogP contribution in [0.15, 0.2) is 42.7 Å². The van der Waals surface area contributed by atoms with Gasteiger partial charge in [0, 0.05) is 55.9 Å². The molecule has 3 heterocycles. The molecule has 2 saturated heterocycles. The molecule has 0 bridgehead atoms. The van der Waals surface area contributed by atoms with Crippen molar-refractivity contribution in [3.63, 3.8) is 0 Å². The molecule has 4 rings (SSSR count). The molecule has 1 N–H and O–H groups in total. The average Bonchev–Trinajstić information content (AvgIpc) is 3.24.